The lowest BCUT2D eigenvalue weighted by Crippen LogP contribution is -2.45. The minimum Gasteiger partial charge on any atom is -0.357 e. The van der Waals surface area contributed by atoms with Gasteiger partial charge in [0.05, 0.1) is 0 Å². The third kappa shape index (κ3) is 4.46. The van der Waals surface area contributed by atoms with Crippen LogP contribution in [-0.4, -0.2) is 55.2 Å². The average molecular weight is 276 g/mol. The molecule has 0 bridgehead atoms. The predicted octanol–water partition coefficient (Wildman–Crippen LogP) is 1.98. The maximum Gasteiger partial charge on any atom is 0.128 e. The van der Waals surface area contributed by atoms with Crippen molar-refractivity contribution in [2.24, 2.45) is 0 Å². The quantitative estimate of drug-likeness (QED) is 0.861. The molecule has 2 rings (SSSR count). The van der Waals surface area contributed by atoms with E-state index < -0.39 is 0 Å². The molecule has 1 N–H and O–H groups in total. The molecule has 1 fully saturated rings. The topological polar surface area (TPSA) is 31.4 Å². The van der Waals surface area contributed by atoms with Gasteiger partial charge in [-0.15, -0.1) is 0 Å². The fourth-order valence-electron chi connectivity index (χ4n) is 2.56. The Balaban J connectivity index is 1.67. The molecule has 0 spiro atoms. The molecule has 1 aromatic heterocycles. The average Bonchev–Trinajstić information content (AvgIpc) is 2.48. The Bertz CT molecular complexity index is 371. The van der Waals surface area contributed by atoms with Gasteiger partial charge >= 0.3 is 0 Å². The molecule has 0 atom stereocenters. The summed E-state index contributed by atoms with van der Waals surface area (Å²) in [7, 11) is 2.19. The van der Waals surface area contributed by atoms with E-state index in [9.17, 15) is 0 Å². The Hall–Kier alpha value is -1.13. The molecule has 1 aromatic rings. The zero-order valence-electron chi connectivity index (χ0n) is 13.0. The van der Waals surface area contributed by atoms with Crippen LogP contribution in [0.4, 0.5) is 5.82 Å². The molecule has 20 heavy (non-hydrogen) atoms. The highest BCUT2D eigenvalue weighted by Gasteiger charge is 2.19. The second-order valence-electron chi connectivity index (χ2n) is 5.98. The zero-order chi connectivity index (χ0) is 14.4. The summed E-state index contributed by atoms with van der Waals surface area (Å²) in [6.45, 7) is 8.90. The molecule has 112 valence electrons. The van der Waals surface area contributed by atoms with Gasteiger partial charge in [-0.05, 0) is 45.9 Å². The van der Waals surface area contributed by atoms with Gasteiger partial charge in [0, 0.05) is 44.5 Å². The van der Waals surface area contributed by atoms with Crippen molar-refractivity contribution in [1.29, 1.82) is 0 Å². The molecular formula is C16H28N4. The Morgan fingerprint density at radius 3 is 2.70 bits per heavy atom. The van der Waals surface area contributed by atoms with Crippen LogP contribution in [0, 0.1) is 0 Å². The van der Waals surface area contributed by atoms with Gasteiger partial charge in [-0.3, -0.25) is 0 Å². The van der Waals surface area contributed by atoms with Crippen LogP contribution in [-0.2, 0) is 0 Å². The molecule has 1 saturated heterocycles. The summed E-state index contributed by atoms with van der Waals surface area (Å²) >= 11 is 0. The van der Waals surface area contributed by atoms with Crippen LogP contribution in [0.2, 0.25) is 0 Å². The molecule has 1 aliphatic heterocycles. The van der Waals surface area contributed by atoms with Gasteiger partial charge in [0.15, 0.2) is 0 Å². The van der Waals surface area contributed by atoms with Crippen molar-refractivity contribution in [1.82, 2.24) is 15.2 Å². The highest BCUT2D eigenvalue weighted by molar-refractivity contribution is 5.38. The van der Waals surface area contributed by atoms with Crippen LogP contribution >= 0.6 is 0 Å². The Labute approximate surface area is 123 Å². The summed E-state index contributed by atoms with van der Waals surface area (Å²) in [6.07, 6.45) is 4.30. The number of pyridine rings is 1. The first kappa shape index (κ1) is 15.3. The van der Waals surface area contributed by atoms with Crippen LogP contribution in [0.1, 0.15) is 26.7 Å². The lowest BCUT2D eigenvalue weighted by molar-refractivity contribution is 0.264. The van der Waals surface area contributed by atoms with E-state index in [0.29, 0.717) is 12.1 Å². The van der Waals surface area contributed by atoms with E-state index in [1.807, 2.05) is 12.3 Å². The van der Waals surface area contributed by atoms with Crippen LogP contribution in [0.5, 0.6) is 0 Å². The van der Waals surface area contributed by atoms with Crippen molar-refractivity contribution < 1.29 is 0 Å². The number of piperidine rings is 1. The normalized spacial score (nSPS) is 17.1. The van der Waals surface area contributed by atoms with Crippen molar-refractivity contribution in [2.75, 3.05) is 38.1 Å². The number of rotatable bonds is 6. The van der Waals surface area contributed by atoms with E-state index in [0.717, 1.165) is 32.0 Å². The van der Waals surface area contributed by atoms with Crippen LogP contribution in [0.25, 0.3) is 0 Å². The third-order valence-electron chi connectivity index (χ3n) is 4.25. The van der Waals surface area contributed by atoms with Crippen molar-refractivity contribution in [3.8, 4) is 0 Å². The molecule has 0 radical (unpaired) electrons. The predicted molar refractivity (Wildman–Crippen MR) is 85.2 cm³/mol. The van der Waals surface area contributed by atoms with E-state index in [1.54, 1.807) is 0 Å². The van der Waals surface area contributed by atoms with Gasteiger partial charge < -0.3 is 15.1 Å². The van der Waals surface area contributed by atoms with Gasteiger partial charge in [0.1, 0.15) is 5.82 Å². The fourth-order valence-corrected chi connectivity index (χ4v) is 2.56. The van der Waals surface area contributed by atoms with E-state index in [-0.39, 0.29) is 0 Å². The first-order valence-electron chi connectivity index (χ1n) is 7.76. The first-order chi connectivity index (χ1) is 9.66. The number of likely N-dealkylation sites (N-methyl/N-ethyl adjacent to an activating group) is 1. The van der Waals surface area contributed by atoms with E-state index in [4.69, 9.17) is 0 Å². The van der Waals surface area contributed by atoms with Crippen LogP contribution in [0.3, 0.4) is 0 Å². The van der Waals surface area contributed by atoms with Crippen molar-refractivity contribution in [2.45, 2.75) is 38.8 Å². The second kappa shape index (κ2) is 7.60. The molecule has 2 heterocycles. The lowest BCUT2D eigenvalue weighted by Gasteiger charge is -2.33. The second-order valence-corrected chi connectivity index (χ2v) is 5.98. The van der Waals surface area contributed by atoms with Gasteiger partial charge in [0.25, 0.3) is 0 Å². The largest absolute Gasteiger partial charge is 0.357 e. The van der Waals surface area contributed by atoms with E-state index in [2.05, 4.69) is 53.1 Å². The monoisotopic (exact) mass is 276 g/mol. The van der Waals surface area contributed by atoms with Gasteiger partial charge in [-0.2, -0.15) is 0 Å². The number of aromatic nitrogens is 1. The van der Waals surface area contributed by atoms with Crippen LogP contribution < -0.4 is 10.2 Å². The van der Waals surface area contributed by atoms with E-state index >= 15 is 0 Å². The highest BCUT2D eigenvalue weighted by atomic mass is 15.2. The third-order valence-corrected chi connectivity index (χ3v) is 4.25. The molecule has 0 saturated carbocycles. The van der Waals surface area contributed by atoms with Gasteiger partial charge in [0.2, 0.25) is 0 Å². The summed E-state index contributed by atoms with van der Waals surface area (Å²) in [4.78, 5) is 9.20. The minimum atomic E-state index is 0.628. The number of anilines is 1. The Kier molecular flexibility index (Phi) is 5.80. The Morgan fingerprint density at radius 2 is 2.10 bits per heavy atom. The number of nitrogens with one attached hydrogen (secondary N) is 1. The maximum absolute atomic E-state index is 4.43. The Morgan fingerprint density at radius 1 is 1.35 bits per heavy atom. The summed E-state index contributed by atoms with van der Waals surface area (Å²) in [5.41, 5.74) is 0. The lowest BCUT2D eigenvalue weighted by atomic mass is 10.1. The highest BCUT2D eigenvalue weighted by Crippen LogP contribution is 2.16. The smallest absolute Gasteiger partial charge is 0.128 e. The van der Waals surface area contributed by atoms with Crippen molar-refractivity contribution >= 4 is 5.82 Å². The zero-order valence-corrected chi connectivity index (χ0v) is 13.0. The molecule has 0 aromatic carbocycles. The van der Waals surface area contributed by atoms with Crippen LogP contribution in [0.15, 0.2) is 24.4 Å². The molecule has 1 aliphatic rings. The fraction of sp³-hybridized carbons (Fsp3) is 0.688. The number of hydrogen-bond acceptors (Lipinski definition) is 4. The van der Waals surface area contributed by atoms with Crippen molar-refractivity contribution in [3.63, 3.8) is 0 Å². The molecule has 0 aliphatic carbocycles. The molecule has 0 unspecified atom stereocenters. The standard InChI is InChI=1S/C16H28N4/c1-14(2)19(3)13-10-17-15-7-11-20(12-8-15)16-6-4-5-9-18-16/h4-6,9,14-15,17H,7-8,10-13H2,1-3H3. The van der Waals surface area contributed by atoms with Gasteiger partial charge in [-0.1, -0.05) is 6.07 Å². The van der Waals surface area contributed by atoms with Gasteiger partial charge in [-0.25, -0.2) is 4.98 Å². The molecule has 4 heteroatoms. The molecule has 4 nitrogen and oxygen atoms in total. The van der Waals surface area contributed by atoms with Crippen molar-refractivity contribution in [3.05, 3.63) is 24.4 Å². The SMILES string of the molecule is CC(C)N(C)CCNC1CCN(c2ccccn2)CC1. The summed E-state index contributed by atoms with van der Waals surface area (Å²) in [6, 6.07) is 7.43. The molecular weight excluding hydrogens is 248 g/mol. The summed E-state index contributed by atoms with van der Waals surface area (Å²) in [5, 5.41) is 3.69. The number of nitrogens with zero attached hydrogens (tertiary/aromatic N) is 3. The van der Waals surface area contributed by atoms with E-state index in [1.165, 1.54) is 12.8 Å². The molecule has 0 amide bonds. The first-order valence-corrected chi connectivity index (χ1v) is 7.76. The minimum absolute atomic E-state index is 0.628. The summed E-state index contributed by atoms with van der Waals surface area (Å²) < 4.78 is 0. The maximum atomic E-state index is 4.43. The summed E-state index contributed by atoms with van der Waals surface area (Å²) in [5.74, 6) is 1.12. The number of hydrogen-bond donors (Lipinski definition) is 1.